The van der Waals surface area contributed by atoms with E-state index in [0.29, 0.717) is 0 Å². The lowest BCUT2D eigenvalue weighted by Gasteiger charge is -2.35. The molecule has 0 saturated carbocycles. The maximum absolute atomic E-state index is 6.65. The Kier molecular flexibility index (Phi) is 7.48. The van der Waals surface area contributed by atoms with Crippen molar-refractivity contribution >= 4 is 0 Å². The average Bonchev–Trinajstić information content (AvgIpc) is 2.62. The average molecular weight is 325 g/mol. The highest BCUT2D eigenvalue weighted by molar-refractivity contribution is 5.31. The van der Waals surface area contributed by atoms with Gasteiger partial charge in [0.1, 0.15) is 0 Å². The normalized spacial score (nSPS) is 13.0. The van der Waals surface area contributed by atoms with E-state index in [-0.39, 0.29) is 5.92 Å². The van der Waals surface area contributed by atoms with E-state index in [1.807, 2.05) is 36.4 Å². The van der Waals surface area contributed by atoms with E-state index in [2.05, 4.69) is 31.2 Å². The van der Waals surface area contributed by atoms with Crippen LogP contribution in [-0.2, 0) is 5.66 Å². The molecule has 0 aromatic heterocycles. The van der Waals surface area contributed by atoms with Gasteiger partial charge in [0.25, 0.3) is 0 Å². The van der Waals surface area contributed by atoms with Crippen molar-refractivity contribution in [3.63, 3.8) is 0 Å². The highest BCUT2D eigenvalue weighted by Gasteiger charge is 2.33. The Labute approximate surface area is 147 Å². The molecule has 0 aliphatic carbocycles. The minimum atomic E-state index is -0.841. The van der Waals surface area contributed by atoms with Crippen LogP contribution in [0.3, 0.4) is 0 Å². The molecule has 24 heavy (non-hydrogen) atoms. The molecular formula is C22H32N2. The van der Waals surface area contributed by atoms with Gasteiger partial charge in [-0.15, -0.1) is 0 Å². The molecule has 1 atom stereocenters. The van der Waals surface area contributed by atoms with Gasteiger partial charge < -0.3 is 11.5 Å². The summed E-state index contributed by atoms with van der Waals surface area (Å²) in [6.45, 7) is 2.25. The highest BCUT2D eigenvalue weighted by Crippen LogP contribution is 2.35. The summed E-state index contributed by atoms with van der Waals surface area (Å²) < 4.78 is 0. The van der Waals surface area contributed by atoms with E-state index in [1.165, 1.54) is 44.1 Å². The number of unbranched alkanes of at least 4 members (excludes halogenated alkanes) is 5. The van der Waals surface area contributed by atoms with Crippen LogP contribution in [0.1, 0.15) is 68.9 Å². The van der Waals surface area contributed by atoms with Gasteiger partial charge in [-0.05, 0) is 17.5 Å². The summed E-state index contributed by atoms with van der Waals surface area (Å²) in [6, 6.07) is 20.6. The first kappa shape index (κ1) is 18.7. The fourth-order valence-electron chi connectivity index (χ4n) is 3.42. The second-order valence-electron chi connectivity index (χ2n) is 6.82. The van der Waals surface area contributed by atoms with Crippen LogP contribution >= 0.6 is 0 Å². The first-order valence-corrected chi connectivity index (χ1v) is 9.34. The fourth-order valence-corrected chi connectivity index (χ4v) is 3.42. The van der Waals surface area contributed by atoms with Gasteiger partial charge in [-0.3, -0.25) is 0 Å². The van der Waals surface area contributed by atoms with Crippen molar-refractivity contribution < 1.29 is 0 Å². The monoisotopic (exact) mass is 324 g/mol. The molecule has 130 valence electrons. The van der Waals surface area contributed by atoms with Gasteiger partial charge in [0, 0.05) is 5.92 Å². The Hall–Kier alpha value is -1.64. The van der Waals surface area contributed by atoms with Crippen LogP contribution in [0.2, 0.25) is 0 Å². The van der Waals surface area contributed by atoms with E-state index in [0.717, 1.165) is 12.0 Å². The smallest absolute Gasteiger partial charge is 0.0969 e. The van der Waals surface area contributed by atoms with Crippen molar-refractivity contribution in [1.82, 2.24) is 0 Å². The Morgan fingerprint density at radius 2 is 1.29 bits per heavy atom. The van der Waals surface area contributed by atoms with Crippen molar-refractivity contribution in [2.24, 2.45) is 11.5 Å². The summed E-state index contributed by atoms with van der Waals surface area (Å²) in [6.07, 6.45) is 8.72. The molecule has 0 aliphatic heterocycles. The van der Waals surface area contributed by atoms with Gasteiger partial charge in [-0.1, -0.05) is 106 Å². The van der Waals surface area contributed by atoms with Crippen LogP contribution < -0.4 is 11.5 Å². The van der Waals surface area contributed by atoms with Gasteiger partial charge in [-0.25, -0.2) is 0 Å². The lowest BCUT2D eigenvalue weighted by molar-refractivity contribution is 0.338. The van der Waals surface area contributed by atoms with Gasteiger partial charge in [0.2, 0.25) is 0 Å². The summed E-state index contributed by atoms with van der Waals surface area (Å²) >= 11 is 0. The van der Waals surface area contributed by atoms with Gasteiger partial charge in [0.05, 0.1) is 5.66 Å². The third kappa shape index (κ3) is 5.19. The van der Waals surface area contributed by atoms with Crippen molar-refractivity contribution in [1.29, 1.82) is 0 Å². The zero-order chi connectivity index (χ0) is 17.3. The van der Waals surface area contributed by atoms with Gasteiger partial charge >= 0.3 is 0 Å². The van der Waals surface area contributed by atoms with Crippen LogP contribution in [-0.4, -0.2) is 0 Å². The fraction of sp³-hybridized carbons (Fsp3) is 0.455. The molecule has 0 radical (unpaired) electrons. The van der Waals surface area contributed by atoms with E-state index < -0.39 is 5.66 Å². The predicted molar refractivity (Wildman–Crippen MR) is 104 cm³/mol. The van der Waals surface area contributed by atoms with Crippen LogP contribution in [0.25, 0.3) is 0 Å². The summed E-state index contributed by atoms with van der Waals surface area (Å²) in [5, 5.41) is 0. The number of nitrogens with two attached hydrogens (primary N) is 2. The maximum atomic E-state index is 6.65. The highest BCUT2D eigenvalue weighted by atomic mass is 15.0. The van der Waals surface area contributed by atoms with Crippen molar-refractivity contribution in [3.8, 4) is 0 Å². The molecule has 2 aromatic carbocycles. The Morgan fingerprint density at radius 3 is 1.92 bits per heavy atom. The summed E-state index contributed by atoms with van der Waals surface area (Å²) in [4.78, 5) is 0. The van der Waals surface area contributed by atoms with Crippen LogP contribution in [0.4, 0.5) is 0 Å². The lowest BCUT2D eigenvalue weighted by Crippen LogP contribution is -2.51. The van der Waals surface area contributed by atoms with E-state index in [1.54, 1.807) is 0 Å². The van der Waals surface area contributed by atoms with Gasteiger partial charge in [0.15, 0.2) is 0 Å². The van der Waals surface area contributed by atoms with Crippen molar-refractivity contribution in [2.45, 2.75) is 63.5 Å². The summed E-state index contributed by atoms with van der Waals surface area (Å²) in [7, 11) is 0. The minimum absolute atomic E-state index is 0.132. The topological polar surface area (TPSA) is 52.0 Å². The molecule has 0 amide bonds. The molecule has 2 aromatic rings. The number of rotatable bonds is 10. The van der Waals surface area contributed by atoms with Crippen LogP contribution in [0.5, 0.6) is 0 Å². The first-order chi connectivity index (χ1) is 11.7. The second kappa shape index (κ2) is 9.61. The lowest BCUT2D eigenvalue weighted by atomic mass is 9.79. The zero-order valence-electron chi connectivity index (χ0n) is 15.0. The summed E-state index contributed by atoms with van der Waals surface area (Å²) in [5.74, 6) is 0.132. The zero-order valence-corrected chi connectivity index (χ0v) is 15.0. The minimum Gasteiger partial charge on any atom is -0.309 e. The number of hydrogen-bond acceptors (Lipinski definition) is 2. The molecular weight excluding hydrogens is 292 g/mol. The molecule has 0 fully saturated rings. The predicted octanol–water partition coefficient (Wildman–Crippen LogP) is 5.29. The van der Waals surface area contributed by atoms with Crippen molar-refractivity contribution in [2.75, 3.05) is 0 Å². The number of hydrogen-bond donors (Lipinski definition) is 2. The molecule has 0 aliphatic rings. The Balaban J connectivity index is 2.09. The van der Waals surface area contributed by atoms with E-state index in [4.69, 9.17) is 11.5 Å². The van der Waals surface area contributed by atoms with E-state index >= 15 is 0 Å². The van der Waals surface area contributed by atoms with Crippen LogP contribution in [0, 0.1) is 0 Å². The largest absolute Gasteiger partial charge is 0.309 e. The molecule has 1 unspecified atom stereocenters. The molecule has 2 nitrogen and oxygen atoms in total. The quantitative estimate of drug-likeness (QED) is 0.461. The molecule has 0 bridgehead atoms. The molecule has 0 heterocycles. The first-order valence-electron chi connectivity index (χ1n) is 9.34. The Bertz CT molecular complexity index is 563. The van der Waals surface area contributed by atoms with E-state index in [9.17, 15) is 0 Å². The second-order valence-corrected chi connectivity index (χ2v) is 6.82. The van der Waals surface area contributed by atoms with Gasteiger partial charge in [-0.2, -0.15) is 0 Å². The molecule has 4 N–H and O–H groups in total. The molecule has 2 rings (SSSR count). The Morgan fingerprint density at radius 1 is 0.750 bits per heavy atom. The van der Waals surface area contributed by atoms with Crippen molar-refractivity contribution in [3.05, 3.63) is 71.8 Å². The molecule has 2 heteroatoms. The molecule has 0 spiro atoms. The third-order valence-corrected chi connectivity index (χ3v) is 4.90. The maximum Gasteiger partial charge on any atom is 0.0969 e. The molecule has 0 saturated heterocycles. The third-order valence-electron chi connectivity index (χ3n) is 4.90. The van der Waals surface area contributed by atoms with Crippen LogP contribution in [0.15, 0.2) is 60.7 Å². The standard InChI is InChI=1S/C22H32N2/c1-2-3-4-5-6-13-18-21(19-14-9-7-10-15-19)22(23,24)20-16-11-8-12-17-20/h7-12,14-17,21H,2-6,13,18,23-24H2,1H3. The SMILES string of the molecule is CCCCCCCCC(c1ccccc1)C(N)(N)c1ccccc1. The number of benzene rings is 2. The summed E-state index contributed by atoms with van der Waals surface area (Å²) in [5.41, 5.74) is 14.7.